The van der Waals surface area contributed by atoms with Crippen LogP contribution in [0.3, 0.4) is 0 Å². The molecule has 2 N–H and O–H groups in total. The molecule has 1 aromatic rings. The van der Waals surface area contributed by atoms with Crippen LogP contribution in [0.25, 0.3) is 0 Å². The van der Waals surface area contributed by atoms with Gasteiger partial charge in [-0.15, -0.1) is 12.4 Å². The van der Waals surface area contributed by atoms with Crippen LogP contribution in [0.4, 0.5) is 0 Å². The van der Waals surface area contributed by atoms with Crippen molar-refractivity contribution in [1.82, 2.24) is 10.6 Å². The third-order valence-corrected chi connectivity index (χ3v) is 3.53. The first-order chi connectivity index (χ1) is 9.58. The highest BCUT2D eigenvalue weighted by Crippen LogP contribution is 2.39. The van der Waals surface area contributed by atoms with Crippen LogP contribution in [0.5, 0.6) is 11.5 Å². The van der Waals surface area contributed by atoms with Crippen molar-refractivity contribution in [1.29, 1.82) is 0 Å². The largest absolute Gasteiger partial charge is 0.454 e. The van der Waals surface area contributed by atoms with Crippen molar-refractivity contribution in [3.05, 3.63) is 22.2 Å². The predicted octanol–water partition coefficient (Wildman–Crippen LogP) is 2.46. The fourth-order valence-electron chi connectivity index (χ4n) is 1.83. The highest BCUT2D eigenvalue weighted by Gasteiger charge is 2.17. The van der Waals surface area contributed by atoms with Gasteiger partial charge in [0.05, 0.1) is 4.47 Å². The molecule has 1 aliphatic heterocycles. The van der Waals surface area contributed by atoms with Gasteiger partial charge in [-0.25, -0.2) is 0 Å². The van der Waals surface area contributed by atoms with Crippen molar-refractivity contribution in [3.63, 3.8) is 0 Å². The second-order valence-corrected chi connectivity index (χ2v) is 5.79. The van der Waals surface area contributed by atoms with E-state index in [4.69, 9.17) is 9.47 Å². The summed E-state index contributed by atoms with van der Waals surface area (Å²) >= 11 is 3.47. The number of carbonyl (C=O) groups excluding carboxylic acids is 1. The van der Waals surface area contributed by atoms with E-state index in [2.05, 4.69) is 26.6 Å². The Balaban J connectivity index is 0.00000220. The van der Waals surface area contributed by atoms with E-state index < -0.39 is 0 Å². The van der Waals surface area contributed by atoms with Gasteiger partial charge in [-0.05, 0) is 33.6 Å². The van der Waals surface area contributed by atoms with Gasteiger partial charge in [0.25, 0.3) is 0 Å². The number of fused-ring (bicyclic) bond motifs is 1. The van der Waals surface area contributed by atoms with Gasteiger partial charge >= 0.3 is 0 Å². The number of ether oxygens (including phenoxy) is 2. The molecule has 0 unspecified atom stereocenters. The van der Waals surface area contributed by atoms with Crippen molar-refractivity contribution in [2.24, 2.45) is 5.92 Å². The third kappa shape index (κ3) is 5.05. The summed E-state index contributed by atoms with van der Waals surface area (Å²) in [6.07, 6.45) is 0. The van der Waals surface area contributed by atoms with Gasteiger partial charge in [-0.2, -0.15) is 0 Å². The van der Waals surface area contributed by atoms with E-state index in [1.165, 1.54) is 0 Å². The molecule has 0 fully saturated rings. The Morgan fingerprint density at radius 2 is 2.10 bits per heavy atom. The zero-order chi connectivity index (χ0) is 14.5. The molecule has 0 bridgehead atoms. The second-order valence-electron chi connectivity index (χ2n) is 4.93. The quantitative estimate of drug-likeness (QED) is 0.746. The summed E-state index contributed by atoms with van der Waals surface area (Å²) in [6.45, 7) is 6.10. The van der Waals surface area contributed by atoms with Gasteiger partial charge in [-0.1, -0.05) is 13.8 Å². The maximum atomic E-state index is 11.4. The van der Waals surface area contributed by atoms with Crippen molar-refractivity contribution in [3.8, 4) is 11.5 Å². The second kappa shape index (κ2) is 8.46. The summed E-state index contributed by atoms with van der Waals surface area (Å²) in [7, 11) is 0. The van der Waals surface area contributed by atoms with Gasteiger partial charge < -0.3 is 20.1 Å². The summed E-state index contributed by atoms with van der Waals surface area (Å²) < 4.78 is 11.6. The first-order valence-electron chi connectivity index (χ1n) is 6.64. The van der Waals surface area contributed by atoms with Crippen LogP contribution in [-0.4, -0.2) is 25.8 Å². The van der Waals surface area contributed by atoms with E-state index in [-0.39, 0.29) is 31.0 Å². The highest BCUT2D eigenvalue weighted by atomic mass is 79.9. The van der Waals surface area contributed by atoms with Gasteiger partial charge in [0, 0.05) is 25.6 Å². The monoisotopic (exact) mass is 378 g/mol. The lowest BCUT2D eigenvalue weighted by Crippen LogP contribution is -2.34. The molecular formula is C14H20BrClN2O3. The third-order valence-electron chi connectivity index (χ3n) is 2.94. The Kier molecular flexibility index (Phi) is 7.28. The molecule has 0 aromatic heterocycles. The van der Waals surface area contributed by atoms with Crippen molar-refractivity contribution in [2.45, 2.75) is 20.4 Å². The van der Waals surface area contributed by atoms with Crippen LogP contribution in [0.1, 0.15) is 19.4 Å². The van der Waals surface area contributed by atoms with Crippen molar-refractivity contribution in [2.75, 3.05) is 19.9 Å². The average molecular weight is 380 g/mol. The Morgan fingerprint density at radius 3 is 2.81 bits per heavy atom. The number of rotatable bonds is 6. The van der Waals surface area contributed by atoms with E-state index >= 15 is 0 Å². The maximum Gasteiger partial charge on any atom is 0.231 e. The molecule has 1 heterocycles. The minimum atomic E-state index is 0. The number of hydrogen-bond acceptors (Lipinski definition) is 4. The predicted molar refractivity (Wildman–Crippen MR) is 87.1 cm³/mol. The van der Waals surface area contributed by atoms with E-state index in [0.717, 1.165) is 28.1 Å². The summed E-state index contributed by atoms with van der Waals surface area (Å²) in [4.78, 5) is 11.4. The fourth-order valence-corrected chi connectivity index (χ4v) is 2.44. The van der Waals surface area contributed by atoms with E-state index in [1.54, 1.807) is 0 Å². The standard InChI is InChI=1S/C14H19BrN2O3.ClH/c1-9(2)14(18)17-4-3-16-7-10-5-11(15)13-12(6-10)19-8-20-13;/h5-6,9,16H,3-4,7-8H2,1-2H3,(H,17,18);1H. The topological polar surface area (TPSA) is 59.6 Å². The maximum absolute atomic E-state index is 11.4. The van der Waals surface area contributed by atoms with Crippen LogP contribution in [0.15, 0.2) is 16.6 Å². The molecule has 118 valence electrons. The number of benzene rings is 1. The Bertz CT molecular complexity index is 497. The molecule has 0 spiro atoms. The number of amides is 1. The van der Waals surface area contributed by atoms with Gasteiger partial charge in [0.15, 0.2) is 11.5 Å². The Morgan fingerprint density at radius 1 is 1.33 bits per heavy atom. The van der Waals surface area contributed by atoms with Crippen molar-refractivity contribution >= 4 is 34.2 Å². The van der Waals surface area contributed by atoms with Gasteiger partial charge in [0.2, 0.25) is 12.7 Å². The van der Waals surface area contributed by atoms with Gasteiger partial charge in [-0.3, -0.25) is 4.79 Å². The molecule has 21 heavy (non-hydrogen) atoms. The molecule has 0 saturated heterocycles. The van der Waals surface area contributed by atoms with Gasteiger partial charge in [0.1, 0.15) is 0 Å². The number of nitrogens with one attached hydrogen (secondary N) is 2. The molecule has 2 rings (SSSR count). The summed E-state index contributed by atoms with van der Waals surface area (Å²) in [5, 5.41) is 6.15. The lowest BCUT2D eigenvalue weighted by Gasteiger charge is -2.09. The van der Waals surface area contributed by atoms with E-state index in [9.17, 15) is 4.79 Å². The van der Waals surface area contributed by atoms with Crippen LogP contribution in [0.2, 0.25) is 0 Å². The Labute approximate surface area is 139 Å². The van der Waals surface area contributed by atoms with Crippen molar-refractivity contribution < 1.29 is 14.3 Å². The first kappa shape index (κ1) is 18.1. The minimum Gasteiger partial charge on any atom is -0.454 e. The molecule has 1 amide bonds. The smallest absolute Gasteiger partial charge is 0.231 e. The van der Waals surface area contributed by atoms with Crippen LogP contribution in [-0.2, 0) is 11.3 Å². The lowest BCUT2D eigenvalue weighted by atomic mass is 10.2. The molecule has 0 saturated carbocycles. The van der Waals surface area contributed by atoms with E-state index in [1.807, 2.05) is 26.0 Å². The SMILES string of the molecule is CC(C)C(=O)NCCNCc1cc(Br)c2c(c1)OCO2.Cl. The molecule has 1 aliphatic rings. The lowest BCUT2D eigenvalue weighted by molar-refractivity contribution is -0.123. The molecule has 0 aliphatic carbocycles. The summed E-state index contributed by atoms with van der Waals surface area (Å²) in [5.41, 5.74) is 1.11. The summed E-state index contributed by atoms with van der Waals surface area (Å²) in [5.74, 6) is 1.64. The van der Waals surface area contributed by atoms with Crippen LogP contribution in [0, 0.1) is 5.92 Å². The molecule has 0 atom stereocenters. The average Bonchev–Trinajstić information content (AvgIpc) is 2.86. The minimum absolute atomic E-state index is 0. The zero-order valence-corrected chi connectivity index (χ0v) is 14.5. The number of halogens is 2. The molecule has 0 radical (unpaired) electrons. The first-order valence-corrected chi connectivity index (χ1v) is 7.43. The molecular weight excluding hydrogens is 360 g/mol. The zero-order valence-electron chi connectivity index (χ0n) is 12.1. The van der Waals surface area contributed by atoms with Crippen LogP contribution < -0.4 is 20.1 Å². The molecule has 5 nitrogen and oxygen atoms in total. The van der Waals surface area contributed by atoms with E-state index in [0.29, 0.717) is 13.1 Å². The molecule has 1 aromatic carbocycles. The normalized spacial score (nSPS) is 12.2. The highest BCUT2D eigenvalue weighted by molar-refractivity contribution is 9.10. The molecule has 7 heteroatoms. The van der Waals surface area contributed by atoms with Crippen LogP contribution >= 0.6 is 28.3 Å². The number of carbonyl (C=O) groups is 1. The summed E-state index contributed by atoms with van der Waals surface area (Å²) in [6, 6.07) is 3.97. The Hall–Kier alpha value is -0.980. The fraction of sp³-hybridized carbons (Fsp3) is 0.500. The number of hydrogen-bond donors (Lipinski definition) is 2.